The summed E-state index contributed by atoms with van der Waals surface area (Å²) in [5.74, 6) is 0.561. The van der Waals surface area contributed by atoms with Crippen LogP contribution in [0.1, 0.15) is 53.4 Å². The Morgan fingerprint density at radius 3 is 2.65 bits per heavy atom. The first-order valence-electron chi connectivity index (χ1n) is 7.86. The van der Waals surface area contributed by atoms with Crippen LogP contribution in [0.25, 0.3) is 0 Å². The maximum Gasteiger partial charge on any atom is 0.109 e. The van der Waals surface area contributed by atoms with Crippen molar-refractivity contribution in [3.8, 4) is 6.07 Å². The zero-order valence-electron chi connectivity index (χ0n) is 13.4. The minimum absolute atomic E-state index is 0.178. The fourth-order valence-corrected chi connectivity index (χ4v) is 2.78. The Morgan fingerprint density at radius 2 is 2.05 bits per heavy atom. The summed E-state index contributed by atoms with van der Waals surface area (Å²) in [6.07, 6.45) is 3.98. The Kier molecular flexibility index (Phi) is 7.50. The van der Waals surface area contributed by atoms with Gasteiger partial charge in [0, 0.05) is 19.1 Å². The smallest absolute Gasteiger partial charge is 0.109 e. The van der Waals surface area contributed by atoms with Gasteiger partial charge in [-0.1, -0.05) is 13.8 Å². The second-order valence-electron chi connectivity index (χ2n) is 6.55. The second-order valence-corrected chi connectivity index (χ2v) is 6.55. The number of hydrogen-bond donors (Lipinski definition) is 1. The first-order chi connectivity index (χ1) is 9.47. The largest absolute Gasteiger partial charge is 0.379 e. The molecule has 2 atom stereocenters. The number of rotatable bonds is 8. The number of ether oxygens (including phenoxy) is 2. The molecule has 0 aromatic carbocycles. The van der Waals surface area contributed by atoms with E-state index in [9.17, 15) is 5.26 Å². The highest BCUT2D eigenvalue weighted by atomic mass is 16.5. The molecule has 0 bridgehead atoms. The fourth-order valence-electron chi connectivity index (χ4n) is 2.78. The SMILES string of the molecule is CC(C)COCCOC1CCCC(C#N)(NC(C)C)C1. The predicted molar refractivity (Wildman–Crippen MR) is 80.5 cm³/mol. The van der Waals surface area contributed by atoms with Gasteiger partial charge in [-0.3, -0.25) is 5.32 Å². The molecule has 0 aromatic heterocycles. The van der Waals surface area contributed by atoms with Gasteiger partial charge in [0.05, 0.1) is 25.4 Å². The molecule has 1 rings (SSSR count). The fraction of sp³-hybridized carbons (Fsp3) is 0.938. The molecule has 2 unspecified atom stereocenters. The summed E-state index contributed by atoms with van der Waals surface area (Å²) in [5.41, 5.74) is -0.407. The van der Waals surface area contributed by atoms with Crippen LogP contribution < -0.4 is 5.32 Å². The number of hydrogen-bond acceptors (Lipinski definition) is 4. The Bertz CT molecular complexity index is 312. The third-order valence-electron chi connectivity index (χ3n) is 3.52. The molecule has 0 amide bonds. The summed E-state index contributed by atoms with van der Waals surface area (Å²) in [6, 6.07) is 2.79. The molecular formula is C16H30N2O2. The molecule has 1 aliphatic rings. The molecule has 20 heavy (non-hydrogen) atoms. The van der Waals surface area contributed by atoms with Crippen molar-refractivity contribution in [1.82, 2.24) is 5.32 Å². The predicted octanol–water partition coefficient (Wildman–Crippen LogP) is 2.88. The first-order valence-corrected chi connectivity index (χ1v) is 7.86. The molecular weight excluding hydrogens is 252 g/mol. The van der Waals surface area contributed by atoms with Gasteiger partial charge in [0.1, 0.15) is 5.54 Å². The summed E-state index contributed by atoms with van der Waals surface area (Å²) in [6.45, 7) is 10.5. The normalized spacial score (nSPS) is 26.9. The van der Waals surface area contributed by atoms with Gasteiger partial charge < -0.3 is 9.47 Å². The van der Waals surface area contributed by atoms with E-state index in [0.717, 1.165) is 32.3 Å². The van der Waals surface area contributed by atoms with Gasteiger partial charge in [0.2, 0.25) is 0 Å². The van der Waals surface area contributed by atoms with Crippen LogP contribution in [0, 0.1) is 17.2 Å². The van der Waals surface area contributed by atoms with E-state index < -0.39 is 5.54 Å². The quantitative estimate of drug-likeness (QED) is 0.696. The molecule has 1 fully saturated rings. The molecule has 0 heterocycles. The van der Waals surface area contributed by atoms with Crippen LogP contribution in [0.4, 0.5) is 0 Å². The lowest BCUT2D eigenvalue weighted by atomic mass is 9.80. The van der Waals surface area contributed by atoms with Crippen LogP contribution in [-0.2, 0) is 9.47 Å². The lowest BCUT2D eigenvalue weighted by Gasteiger charge is -2.37. The van der Waals surface area contributed by atoms with Crippen molar-refractivity contribution in [3.05, 3.63) is 0 Å². The Hall–Kier alpha value is -0.630. The van der Waals surface area contributed by atoms with E-state index in [2.05, 4.69) is 39.1 Å². The molecule has 4 nitrogen and oxygen atoms in total. The summed E-state index contributed by atoms with van der Waals surface area (Å²) < 4.78 is 11.4. The first kappa shape index (κ1) is 17.4. The maximum absolute atomic E-state index is 9.49. The highest BCUT2D eigenvalue weighted by molar-refractivity contribution is 5.10. The van der Waals surface area contributed by atoms with E-state index in [-0.39, 0.29) is 6.10 Å². The molecule has 0 radical (unpaired) electrons. The monoisotopic (exact) mass is 282 g/mol. The summed E-state index contributed by atoms with van der Waals surface area (Å²) in [4.78, 5) is 0. The van der Waals surface area contributed by atoms with E-state index in [1.54, 1.807) is 0 Å². The van der Waals surface area contributed by atoms with Gasteiger partial charge in [-0.2, -0.15) is 5.26 Å². The van der Waals surface area contributed by atoms with Crippen LogP contribution in [-0.4, -0.2) is 37.5 Å². The van der Waals surface area contributed by atoms with E-state index in [4.69, 9.17) is 9.47 Å². The van der Waals surface area contributed by atoms with Crippen LogP contribution >= 0.6 is 0 Å². The highest BCUT2D eigenvalue weighted by Gasteiger charge is 2.37. The van der Waals surface area contributed by atoms with Crippen molar-refractivity contribution in [2.24, 2.45) is 5.92 Å². The molecule has 0 spiro atoms. The van der Waals surface area contributed by atoms with Gasteiger partial charge in [-0.05, 0) is 39.0 Å². The van der Waals surface area contributed by atoms with Gasteiger partial charge in [-0.25, -0.2) is 0 Å². The average Bonchev–Trinajstić information content (AvgIpc) is 2.37. The highest BCUT2D eigenvalue weighted by Crippen LogP contribution is 2.30. The van der Waals surface area contributed by atoms with Gasteiger partial charge in [0.25, 0.3) is 0 Å². The van der Waals surface area contributed by atoms with Gasteiger partial charge in [-0.15, -0.1) is 0 Å². The zero-order chi connectivity index (χ0) is 15.0. The third kappa shape index (κ3) is 6.21. The molecule has 1 N–H and O–H groups in total. The van der Waals surface area contributed by atoms with Gasteiger partial charge >= 0.3 is 0 Å². The Balaban J connectivity index is 2.31. The standard InChI is InChI=1S/C16H30N2O2/c1-13(2)11-19-8-9-20-15-6-5-7-16(10-15,12-17)18-14(3)4/h13-15,18H,5-11H2,1-4H3. The lowest BCUT2D eigenvalue weighted by Crippen LogP contribution is -2.52. The number of nitriles is 1. The molecule has 0 saturated heterocycles. The molecule has 116 valence electrons. The lowest BCUT2D eigenvalue weighted by molar-refractivity contribution is -0.0262. The van der Waals surface area contributed by atoms with Crippen molar-refractivity contribution in [2.75, 3.05) is 19.8 Å². The average molecular weight is 282 g/mol. The molecule has 4 heteroatoms. The second kappa shape index (κ2) is 8.61. The third-order valence-corrected chi connectivity index (χ3v) is 3.52. The molecule has 0 aromatic rings. The Morgan fingerprint density at radius 1 is 1.30 bits per heavy atom. The van der Waals surface area contributed by atoms with Crippen molar-refractivity contribution in [3.63, 3.8) is 0 Å². The van der Waals surface area contributed by atoms with Crippen LogP contribution in [0.15, 0.2) is 0 Å². The summed E-state index contributed by atoms with van der Waals surface area (Å²) in [5, 5.41) is 12.9. The van der Waals surface area contributed by atoms with Crippen molar-refractivity contribution in [1.29, 1.82) is 5.26 Å². The maximum atomic E-state index is 9.49. The Labute approximate surface area is 123 Å². The topological polar surface area (TPSA) is 54.3 Å². The van der Waals surface area contributed by atoms with Crippen molar-refractivity contribution >= 4 is 0 Å². The van der Waals surface area contributed by atoms with Crippen LogP contribution in [0.2, 0.25) is 0 Å². The van der Waals surface area contributed by atoms with E-state index in [1.165, 1.54) is 0 Å². The van der Waals surface area contributed by atoms with Crippen molar-refractivity contribution in [2.45, 2.75) is 71.1 Å². The van der Waals surface area contributed by atoms with Gasteiger partial charge in [0.15, 0.2) is 0 Å². The van der Waals surface area contributed by atoms with Crippen molar-refractivity contribution < 1.29 is 9.47 Å². The molecule has 1 saturated carbocycles. The minimum atomic E-state index is -0.407. The summed E-state index contributed by atoms with van der Waals surface area (Å²) in [7, 11) is 0. The number of nitrogens with one attached hydrogen (secondary N) is 1. The van der Waals surface area contributed by atoms with Crippen LogP contribution in [0.3, 0.4) is 0 Å². The summed E-state index contributed by atoms with van der Waals surface area (Å²) >= 11 is 0. The number of nitrogens with zero attached hydrogens (tertiary/aromatic N) is 1. The molecule has 0 aliphatic heterocycles. The zero-order valence-corrected chi connectivity index (χ0v) is 13.4. The van der Waals surface area contributed by atoms with Crippen LogP contribution in [0.5, 0.6) is 0 Å². The van der Waals surface area contributed by atoms with E-state index in [1.807, 2.05) is 0 Å². The molecule has 1 aliphatic carbocycles. The van der Waals surface area contributed by atoms with E-state index >= 15 is 0 Å². The minimum Gasteiger partial charge on any atom is -0.379 e. The van der Waals surface area contributed by atoms with E-state index in [0.29, 0.717) is 25.2 Å².